The molecule has 4 nitrogen and oxygen atoms in total. The number of hydrogen-bond acceptors (Lipinski definition) is 3. The smallest absolute Gasteiger partial charge is 0.242 e. The Morgan fingerprint density at radius 1 is 1.29 bits per heavy atom. The minimum Gasteiger partial charge on any atom is -0.493 e. The number of carbonyl (C=O) groups excluding carboxylic acids is 1. The van der Waals surface area contributed by atoms with Crippen molar-refractivity contribution in [1.82, 2.24) is 5.43 Å². The van der Waals surface area contributed by atoms with Gasteiger partial charge in [0.1, 0.15) is 0 Å². The number of rotatable bonds is 1. The highest BCUT2D eigenvalue weighted by Crippen LogP contribution is 2.17. The molecule has 0 unspecified atom stereocenters. The Kier molecular flexibility index (Phi) is 2.10. The molecule has 1 aromatic rings. The van der Waals surface area contributed by atoms with Crippen molar-refractivity contribution in [2.24, 2.45) is 0 Å². The number of aliphatic hydroxyl groups excluding tert-OH is 1. The quantitative estimate of drug-likeness (QED) is 0.702. The number of hydrazine groups is 1. The highest BCUT2D eigenvalue weighted by Gasteiger charge is 2.18. The molecule has 0 bridgehead atoms. The molecule has 1 amide bonds. The van der Waals surface area contributed by atoms with Gasteiger partial charge in [-0.3, -0.25) is 10.2 Å². The lowest BCUT2D eigenvalue weighted by Crippen LogP contribution is -2.44. The average molecular weight is 190 g/mol. The van der Waals surface area contributed by atoms with E-state index in [0.29, 0.717) is 0 Å². The first kappa shape index (κ1) is 8.62. The van der Waals surface area contributed by atoms with Crippen molar-refractivity contribution in [3.8, 4) is 0 Å². The largest absolute Gasteiger partial charge is 0.493 e. The topological polar surface area (TPSA) is 52.6 Å². The lowest BCUT2D eigenvalue weighted by atomic mass is 10.3. The minimum atomic E-state index is -0.133. The highest BCUT2D eigenvalue weighted by molar-refractivity contribution is 5.81. The van der Waals surface area contributed by atoms with E-state index in [-0.39, 0.29) is 18.2 Å². The molecule has 1 aliphatic heterocycles. The Hall–Kier alpha value is -1.97. The van der Waals surface area contributed by atoms with Gasteiger partial charge >= 0.3 is 0 Å². The number of anilines is 1. The van der Waals surface area contributed by atoms with Gasteiger partial charge in [-0.25, -0.2) is 5.01 Å². The van der Waals surface area contributed by atoms with Crippen LogP contribution in [0.1, 0.15) is 6.42 Å². The summed E-state index contributed by atoms with van der Waals surface area (Å²) in [6.07, 6.45) is 1.70. The van der Waals surface area contributed by atoms with Crippen LogP contribution in [-0.2, 0) is 4.79 Å². The summed E-state index contributed by atoms with van der Waals surface area (Å²) >= 11 is 0. The second-order valence-corrected chi connectivity index (χ2v) is 2.97. The van der Waals surface area contributed by atoms with E-state index in [2.05, 4.69) is 5.43 Å². The molecule has 0 fully saturated rings. The van der Waals surface area contributed by atoms with Crippen molar-refractivity contribution < 1.29 is 9.90 Å². The van der Waals surface area contributed by atoms with Gasteiger partial charge in [-0.05, 0) is 18.2 Å². The van der Waals surface area contributed by atoms with Crippen LogP contribution in [0.2, 0.25) is 0 Å². The third-order valence-electron chi connectivity index (χ3n) is 1.95. The Balaban J connectivity index is 2.30. The zero-order chi connectivity index (χ0) is 9.97. The number of amides is 1. The Morgan fingerprint density at radius 2 is 2.00 bits per heavy atom. The molecule has 1 aromatic carbocycles. The van der Waals surface area contributed by atoms with E-state index in [1.165, 1.54) is 11.1 Å². The molecule has 4 heteroatoms. The molecule has 0 aliphatic carbocycles. The number of benzene rings is 1. The number of carbonyl (C=O) groups is 1. The molecule has 0 saturated carbocycles. The van der Waals surface area contributed by atoms with Crippen LogP contribution in [0.4, 0.5) is 5.69 Å². The monoisotopic (exact) mass is 190 g/mol. The van der Waals surface area contributed by atoms with Crippen molar-refractivity contribution in [1.29, 1.82) is 0 Å². The first-order chi connectivity index (χ1) is 6.77. The number of aliphatic hydroxyl groups is 1. The normalized spacial score (nSPS) is 16.1. The van der Waals surface area contributed by atoms with E-state index >= 15 is 0 Å². The van der Waals surface area contributed by atoms with Crippen LogP contribution in [0, 0.1) is 0 Å². The van der Waals surface area contributed by atoms with E-state index in [1.54, 1.807) is 12.1 Å². The maximum atomic E-state index is 11.1. The third kappa shape index (κ3) is 1.54. The lowest BCUT2D eigenvalue weighted by molar-refractivity contribution is -0.120. The van der Waals surface area contributed by atoms with Crippen LogP contribution < -0.4 is 10.4 Å². The second kappa shape index (κ2) is 3.41. The fourth-order valence-corrected chi connectivity index (χ4v) is 1.28. The van der Waals surface area contributed by atoms with Gasteiger partial charge in [-0.2, -0.15) is 0 Å². The van der Waals surface area contributed by atoms with Gasteiger partial charge in [0.2, 0.25) is 11.8 Å². The third-order valence-corrected chi connectivity index (χ3v) is 1.95. The van der Waals surface area contributed by atoms with Crippen molar-refractivity contribution >= 4 is 11.6 Å². The Morgan fingerprint density at radius 3 is 2.71 bits per heavy atom. The summed E-state index contributed by atoms with van der Waals surface area (Å²) < 4.78 is 0. The summed E-state index contributed by atoms with van der Waals surface area (Å²) in [6, 6.07) is 9.15. The van der Waals surface area contributed by atoms with Gasteiger partial charge in [0.25, 0.3) is 0 Å². The fraction of sp³-hybridized carbons (Fsp3) is 0.100. The Bertz CT molecular complexity index is 373. The van der Waals surface area contributed by atoms with Crippen LogP contribution in [0.5, 0.6) is 0 Å². The van der Waals surface area contributed by atoms with Crippen LogP contribution in [0.25, 0.3) is 0 Å². The maximum Gasteiger partial charge on any atom is 0.242 e. The van der Waals surface area contributed by atoms with Gasteiger partial charge in [0.05, 0.1) is 12.1 Å². The van der Waals surface area contributed by atoms with Gasteiger partial charge in [0.15, 0.2) is 0 Å². The highest BCUT2D eigenvalue weighted by atomic mass is 16.3. The average Bonchev–Trinajstić information content (AvgIpc) is 2.23. The van der Waals surface area contributed by atoms with Crippen molar-refractivity contribution in [3.05, 3.63) is 42.3 Å². The summed E-state index contributed by atoms with van der Waals surface area (Å²) in [5, 5.41) is 10.9. The predicted molar refractivity (Wildman–Crippen MR) is 52.4 cm³/mol. The number of nitrogens with zero attached hydrogens (tertiary/aromatic N) is 1. The molecule has 0 atom stereocenters. The number of hydrogen-bond donors (Lipinski definition) is 2. The van der Waals surface area contributed by atoms with Crippen molar-refractivity contribution in [2.75, 3.05) is 5.01 Å². The van der Waals surface area contributed by atoms with Crippen LogP contribution in [0.3, 0.4) is 0 Å². The summed E-state index contributed by atoms with van der Waals surface area (Å²) in [4.78, 5) is 11.1. The molecule has 72 valence electrons. The molecule has 14 heavy (non-hydrogen) atoms. The summed E-state index contributed by atoms with van der Waals surface area (Å²) in [6.45, 7) is 0. The first-order valence-electron chi connectivity index (χ1n) is 4.31. The number of para-hydroxylation sites is 1. The van der Waals surface area contributed by atoms with Crippen LogP contribution in [-0.4, -0.2) is 11.0 Å². The van der Waals surface area contributed by atoms with E-state index in [1.807, 2.05) is 18.2 Å². The molecule has 2 rings (SSSR count). The molecular weight excluding hydrogens is 180 g/mol. The van der Waals surface area contributed by atoms with E-state index in [4.69, 9.17) is 0 Å². The van der Waals surface area contributed by atoms with E-state index in [9.17, 15) is 9.90 Å². The number of nitrogens with one attached hydrogen (secondary N) is 1. The summed E-state index contributed by atoms with van der Waals surface area (Å²) in [5.74, 6) is -0.0811. The molecule has 1 heterocycles. The maximum absolute atomic E-state index is 11.1. The molecule has 0 radical (unpaired) electrons. The zero-order valence-electron chi connectivity index (χ0n) is 7.47. The standard InChI is InChI=1S/C10H10N2O2/c13-9-6-7-10(14)12(11-9)8-4-2-1-3-5-8/h1-5,7,14H,6H2,(H,11,13). The second-order valence-electron chi connectivity index (χ2n) is 2.97. The summed E-state index contributed by atoms with van der Waals surface area (Å²) in [5.41, 5.74) is 3.29. The first-order valence-corrected chi connectivity index (χ1v) is 4.31. The van der Waals surface area contributed by atoms with E-state index in [0.717, 1.165) is 5.69 Å². The van der Waals surface area contributed by atoms with Gasteiger partial charge in [0, 0.05) is 0 Å². The van der Waals surface area contributed by atoms with Gasteiger partial charge < -0.3 is 5.11 Å². The molecule has 0 aromatic heterocycles. The van der Waals surface area contributed by atoms with Crippen LogP contribution in [0.15, 0.2) is 42.3 Å². The molecular formula is C10H10N2O2. The van der Waals surface area contributed by atoms with Crippen molar-refractivity contribution in [2.45, 2.75) is 6.42 Å². The van der Waals surface area contributed by atoms with Gasteiger partial charge in [-0.1, -0.05) is 18.2 Å². The van der Waals surface area contributed by atoms with Gasteiger partial charge in [-0.15, -0.1) is 0 Å². The SMILES string of the molecule is O=C1CC=C(O)N(c2ccccc2)N1. The molecule has 1 aliphatic rings. The molecule has 2 N–H and O–H groups in total. The fourth-order valence-electron chi connectivity index (χ4n) is 1.28. The molecule has 0 saturated heterocycles. The van der Waals surface area contributed by atoms with Crippen molar-refractivity contribution in [3.63, 3.8) is 0 Å². The lowest BCUT2D eigenvalue weighted by Gasteiger charge is -2.26. The van der Waals surface area contributed by atoms with E-state index < -0.39 is 0 Å². The Labute approximate surface area is 81.4 Å². The van der Waals surface area contributed by atoms with Crippen LogP contribution >= 0.6 is 0 Å². The zero-order valence-corrected chi connectivity index (χ0v) is 7.47. The summed E-state index contributed by atoms with van der Waals surface area (Å²) in [7, 11) is 0. The molecule has 0 spiro atoms. The predicted octanol–water partition coefficient (Wildman–Crippen LogP) is 1.33. The minimum absolute atomic E-state index is 0.0517.